The van der Waals surface area contributed by atoms with Crippen LogP contribution in [0.4, 0.5) is 10.1 Å². The van der Waals surface area contributed by atoms with Crippen LogP contribution in [0.5, 0.6) is 0 Å². The van der Waals surface area contributed by atoms with Gasteiger partial charge in [-0.2, -0.15) is 0 Å². The van der Waals surface area contributed by atoms with Crippen LogP contribution in [0.1, 0.15) is 24.8 Å². The number of hydrogen-bond acceptors (Lipinski definition) is 3. The van der Waals surface area contributed by atoms with Crippen molar-refractivity contribution in [3.63, 3.8) is 0 Å². The van der Waals surface area contributed by atoms with Crippen LogP contribution in [0.15, 0.2) is 23.2 Å². The van der Waals surface area contributed by atoms with Crippen molar-refractivity contribution in [2.45, 2.75) is 25.8 Å². The summed E-state index contributed by atoms with van der Waals surface area (Å²) in [5.74, 6) is 1.32. The molecule has 1 saturated carbocycles. The van der Waals surface area contributed by atoms with Gasteiger partial charge < -0.3 is 20.3 Å². The molecule has 0 spiro atoms. The fourth-order valence-corrected chi connectivity index (χ4v) is 2.34. The van der Waals surface area contributed by atoms with E-state index in [2.05, 4.69) is 15.6 Å². The largest absolute Gasteiger partial charge is 0.381 e. The molecule has 1 fully saturated rings. The molecule has 0 unspecified atom stereocenters. The van der Waals surface area contributed by atoms with Crippen LogP contribution in [0.2, 0.25) is 0 Å². The van der Waals surface area contributed by atoms with Crippen LogP contribution in [-0.4, -0.2) is 46.9 Å². The SMILES string of the molecule is CN=C(NCCCOCC1CC1)NCc1ccc(N(C)C)c(F)c1.I. The van der Waals surface area contributed by atoms with E-state index in [4.69, 9.17) is 4.74 Å². The number of guanidine groups is 1. The van der Waals surface area contributed by atoms with Gasteiger partial charge in [0.2, 0.25) is 0 Å². The second-order valence-electron chi connectivity index (χ2n) is 6.40. The molecular weight excluding hydrogens is 434 g/mol. The Bertz CT molecular complexity index is 550. The Balaban J connectivity index is 0.00000312. The number of anilines is 1. The average molecular weight is 464 g/mol. The minimum atomic E-state index is -0.213. The van der Waals surface area contributed by atoms with Crippen molar-refractivity contribution >= 4 is 35.6 Å². The van der Waals surface area contributed by atoms with Crippen molar-refractivity contribution in [3.05, 3.63) is 29.6 Å². The van der Waals surface area contributed by atoms with Crippen molar-refractivity contribution in [1.82, 2.24) is 10.6 Å². The van der Waals surface area contributed by atoms with E-state index >= 15 is 0 Å². The average Bonchev–Trinajstić information content (AvgIpc) is 3.37. The summed E-state index contributed by atoms with van der Waals surface area (Å²) in [6.45, 7) is 3.01. The predicted molar refractivity (Wildman–Crippen MR) is 113 cm³/mol. The molecule has 0 aliphatic heterocycles. The quantitative estimate of drug-likeness (QED) is 0.256. The number of nitrogens with one attached hydrogen (secondary N) is 2. The maximum Gasteiger partial charge on any atom is 0.191 e. The summed E-state index contributed by atoms with van der Waals surface area (Å²) < 4.78 is 19.6. The molecule has 2 N–H and O–H groups in total. The van der Waals surface area contributed by atoms with E-state index in [0.29, 0.717) is 18.2 Å². The second kappa shape index (κ2) is 11.5. The maximum atomic E-state index is 14.0. The zero-order valence-electron chi connectivity index (χ0n) is 15.3. The third-order valence-corrected chi connectivity index (χ3v) is 3.99. The van der Waals surface area contributed by atoms with Gasteiger partial charge in [0.25, 0.3) is 0 Å². The second-order valence-corrected chi connectivity index (χ2v) is 6.40. The number of ether oxygens (including phenoxy) is 1. The Labute approximate surface area is 167 Å². The van der Waals surface area contributed by atoms with E-state index in [1.165, 1.54) is 12.8 Å². The minimum Gasteiger partial charge on any atom is -0.381 e. The van der Waals surface area contributed by atoms with Crippen LogP contribution in [0.3, 0.4) is 0 Å². The first-order chi connectivity index (χ1) is 11.6. The van der Waals surface area contributed by atoms with Gasteiger partial charge in [0, 0.05) is 47.4 Å². The van der Waals surface area contributed by atoms with E-state index in [0.717, 1.165) is 37.7 Å². The molecule has 5 nitrogen and oxygen atoms in total. The fraction of sp³-hybridized carbons (Fsp3) is 0.611. The molecule has 2 rings (SSSR count). The summed E-state index contributed by atoms with van der Waals surface area (Å²) in [6, 6.07) is 5.27. The zero-order valence-corrected chi connectivity index (χ0v) is 17.7. The van der Waals surface area contributed by atoms with Gasteiger partial charge in [-0.15, -0.1) is 24.0 Å². The van der Waals surface area contributed by atoms with Crippen LogP contribution >= 0.6 is 24.0 Å². The number of hydrogen-bond donors (Lipinski definition) is 2. The maximum absolute atomic E-state index is 14.0. The van der Waals surface area contributed by atoms with Gasteiger partial charge >= 0.3 is 0 Å². The van der Waals surface area contributed by atoms with E-state index in [-0.39, 0.29) is 29.8 Å². The molecule has 0 heterocycles. The van der Waals surface area contributed by atoms with Crippen LogP contribution in [0.25, 0.3) is 0 Å². The lowest BCUT2D eigenvalue weighted by Crippen LogP contribution is -2.37. The molecule has 1 aromatic rings. The van der Waals surface area contributed by atoms with E-state index < -0.39 is 0 Å². The lowest BCUT2D eigenvalue weighted by atomic mass is 10.2. The molecule has 0 aromatic heterocycles. The number of rotatable bonds is 9. The lowest BCUT2D eigenvalue weighted by Gasteiger charge is -2.15. The summed E-state index contributed by atoms with van der Waals surface area (Å²) in [6.07, 6.45) is 3.59. The third kappa shape index (κ3) is 8.22. The fourth-order valence-electron chi connectivity index (χ4n) is 2.34. The van der Waals surface area contributed by atoms with Crippen LogP contribution < -0.4 is 15.5 Å². The van der Waals surface area contributed by atoms with Gasteiger partial charge in [-0.25, -0.2) is 4.39 Å². The Morgan fingerprint density at radius 2 is 2.08 bits per heavy atom. The molecule has 1 aromatic carbocycles. The Morgan fingerprint density at radius 3 is 2.68 bits per heavy atom. The minimum absolute atomic E-state index is 0. The molecule has 0 radical (unpaired) electrons. The molecule has 0 saturated heterocycles. The highest BCUT2D eigenvalue weighted by Crippen LogP contribution is 2.28. The van der Waals surface area contributed by atoms with Gasteiger partial charge in [0.15, 0.2) is 5.96 Å². The smallest absolute Gasteiger partial charge is 0.191 e. The van der Waals surface area contributed by atoms with Gasteiger partial charge in [0.05, 0.1) is 5.69 Å². The molecule has 0 bridgehead atoms. The normalized spacial score (nSPS) is 14.0. The van der Waals surface area contributed by atoms with Gasteiger partial charge in [-0.3, -0.25) is 4.99 Å². The highest BCUT2D eigenvalue weighted by Gasteiger charge is 2.20. The molecule has 0 amide bonds. The summed E-state index contributed by atoms with van der Waals surface area (Å²) in [5.41, 5.74) is 1.47. The first-order valence-electron chi connectivity index (χ1n) is 8.58. The van der Waals surface area contributed by atoms with E-state index in [1.807, 2.05) is 20.2 Å². The summed E-state index contributed by atoms with van der Waals surface area (Å²) in [4.78, 5) is 5.94. The highest BCUT2D eigenvalue weighted by molar-refractivity contribution is 14.0. The highest BCUT2D eigenvalue weighted by atomic mass is 127. The Morgan fingerprint density at radius 1 is 1.32 bits per heavy atom. The standard InChI is InChI=1S/C18H29FN4O.HI/c1-20-18(21-9-4-10-24-13-14-5-6-14)22-12-15-7-8-17(23(2)3)16(19)11-15;/h7-8,11,14H,4-6,9-10,12-13H2,1-3H3,(H2,20,21,22);1H. The number of benzene rings is 1. The van der Waals surface area contributed by atoms with Gasteiger partial charge in [-0.05, 0) is 42.9 Å². The first kappa shape index (κ1) is 22.0. The number of halogens is 2. The number of aliphatic imine (C=N–C) groups is 1. The molecule has 25 heavy (non-hydrogen) atoms. The van der Waals surface area contributed by atoms with Crippen molar-refractivity contribution in [2.75, 3.05) is 45.8 Å². The van der Waals surface area contributed by atoms with Crippen LogP contribution in [0, 0.1) is 11.7 Å². The van der Waals surface area contributed by atoms with Crippen molar-refractivity contribution in [1.29, 1.82) is 0 Å². The molecule has 142 valence electrons. The molecule has 7 heteroatoms. The predicted octanol–water partition coefficient (Wildman–Crippen LogP) is 2.99. The lowest BCUT2D eigenvalue weighted by molar-refractivity contribution is 0.123. The monoisotopic (exact) mass is 464 g/mol. The molecule has 1 aliphatic carbocycles. The third-order valence-electron chi connectivity index (χ3n) is 3.99. The van der Waals surface area contributed by atoms with Crippen molar-refractivity contribution in [3.8, 4) is 0 Å². The Kier molecular flexibility index (Phi) is 10.1. The summed E-state index contributed by atoms with van der Waals surface area (Å²) in [7, 11) is 5.39. The molecule has 1 aliphatic rings. The Hall–Kier alpha value is -1.09. The molecule has 0 atom stereocenters. The van der Waals surface area contributed by atoms with Crippen LogP contribution in [-0.2, 0) is 11.3 Å². The molecular formula is C18H30FIN4O. The van der Waals surface area contributed by atoms with Gasteiger partial charge in [-0.1, -0.05) is 6.07 Å². The summed E-state index contributed by atoms with van der Waals surface area (Å²) in [5, 5.41) is 6.44. The van der Waals surface area contributed by atoms with Crippen molar-refractivity contribution < 1.29 is 9.13 Å². The van der Waals surface area contributed by atoms with Crippen molar-refractivity contribution in [2.24, 2.45) is 10.9 Å². The first-order valence-corrected chi connectivity index (χ1v) is 8.58. The topological polar surface area (TPSA) is 48.9 Å². The van der Waals surface area contributed by atoms with E-state index in [1.54, 1.807) is 24.1 Å². The number of nitrogens with zero attached hydrogens (tertiary/aromatic N) is 2. The van der Waals surface area contributed by atoms with E-state index in [9.17, 15) is 4.39 Å². The van der Waals surface area contributed by atoms with Gasteiger partial charge in [0.1, 0.15) is 5.82 Å². The summed E-state index contributed by atoms with van der Waals surface area (Å²) >= 11 is 0. The zero-order chi connectivity index (χ0) is 17.4.